The first-order chi connectivity index (χ1) is 12.1. The van der Waals surface area contributed by atoms with E-state index in [1.165, 1.54) is 23.5 Å². The number of ketones is 1. The molecular formula is C19H13F2NO2S. The van der Waals surface area contributed by atoms with Gasteiger partial charge in [0.25, 0.3) is 0 Å². The molecule has 1 heterocycles. The molecule has 0 aliphatic heterocycles. The second-order valence-electron chi connectivity index (χ2n) is 5.14. The van der Waals surface area contributed by atoms with Gasteiger partial charge in [0.1, 0.15) is 10.8 Å². The fourth-order valence-electron chi connectivity index (χ4n) is 2.16. The SMILES string of the molecule is COc1cccc(-c2nc(/C=C/C(=O)c3ccc(F)c(F)c3)cs2)c1. The van der Waals surface area contributed by atoms with Crippen LogP contribution in [0.3, 0.4) is 0 Å². The number of thiazole rings is 1. The molecule has 3 rings (SSSR count). The van der Waals surface area contributed by atoms with Gasteiger partial charge in [0.2, 0.25) is 0 Å². The van der Waals surface area contributed by atoms with Crippen molar-refractivity contribution in [1.82, 2.24) is 4.98 Å². The minimum atomic E-state index is -1.05. The summed E-state index contributed by atoms with van der Waals surface area (Å²) >= 11 is 1.43. The molecule has 3 nitrogen and oxygen atoms in total. The molecule has 2 aromatic carbocycles. The smallest absolute Gasteiger partial charge is 0.186 e. The third kappa shape index (κ3) is 3.97. The standard InChI is InChI=1S/C19H13F2NO2S/c1-24-15-4-2-3-13(9-15)19-22-14(11-25-19)6-8-18(23)12-5-7-16(20)17(21)10-12/h2-11H,1H3/b8-6+. The molecule has 0 aliphatic carbocycles. The van der Waals surface area contributed by atoms with Crippen LogP contribution in [-0.4, -0.2) is 17.9 Å². The van der Waals surface area contributed by atoms with Crippen LogP contribution in [0.5, 0.6) is 5.75 Å². The number of carbonyl (C=O) groups excluding carboxylic acids is 1. The molecular weight excluding hydrogens is 344 g/mol. The van der Waals surface area contributed by atoms with E-state index in [1.54, 1.807) is 13.2 Å². The number of hydrogen-bond acceptors (Lipinski definition) is 4. The average molecular weight is 357 g/mol. The van der Waals surface area contributed by atoms with Crippen molar-refractivity contribution in [2.24, 2.45) is 0 Å². The summed E-state index contributed by atoms with van der Waals surface area (Å²) in [6.07, 6.45) is 2.83. The highest BCUT2D eigenvalue weighted by molar-refractivity contribution is 7.13. The Labute approximate surface area is 147 Å². The molecule has 25 heavy (non-hydrogen) atoms. The second kappa shape index (κ2) is 7.36. The van der Waals surface area contributed by atoms with Gasteiger partial charge in [0.05, 0.1) is 12.8 Å². The van der Waals surface area contributed by atoms with Crippen molar-refractivity contribution in [2.45, 2.75) is 0 Å². The van der Waals surface area contributed by atoms with E-state index in [2.05, 4.69) is 4.98 Å². The molecule has 0 atom stereocenters. The van der Waals surface area contributed by atoms with Crippen molar-refractivity contribution in [3.63, 3.8) is 0 Å². The summed E-state index contributed by atoms with van der Waals surface area (Å²) in [5, 5.41) is 2.60. The van der Waals surface area contributed by atoms with Crippen molar-refractivity contribution in [3.8, 4) is 16.3 Å². The first-order valence-corrected chi connectivity index (χ1v) is 8.22. The van der Waals surface area contributed by atoms with Gasteiger partial charge in [-0.05, 0) is 42.5 Å². The minimum Gasteiger partial charge on any atom is -0.497 e. The fourth-order valence-corrected chi connectivity index (χ4v) is 2.94. The summed E-state index contributed by atoms with van der Waals surface area (Å²) in [6, 6.07) is 10.6. The van der Waals surface area contributed by atoms with Crippen molar-refractivity contribution < 1.29 is 18.3 Å². The maximum atomic E-state index is 13.2. The van der Waals surface area contributed by atoms with Crippen LogP contribution in [0.1, 0.15) is 16.1 Å². The number of hydrogen-bond donors (Lipinski definition) is 0. The van der Waals surface area contributed by atoms with Crippen molar-refractivity contribution in [1.29, 1.82) is 0 Å². The van der Waals surface area contributed by atoms with E-state index in [4.69, 9.17) is 4.74 Å². The lowest BCUT2D eigenvalue weighted by molar-refractivity contribution is 0.104. The Kier molecular flexibility index (Phi) is 5.00. The number of ether oxygens (including phenoxy) is 1. The predicted octanol–water partition coefficient (Wildman–Crippen LogP) is 4.99. The summed E-state index contributed by atoms with van der Waals surface area (Å²) in [4.78, 5) is 16.5. The zero-order chi connectivity index (χ0) is 17.8. The first kappa shape index (κ1) is 17.0. The van der Waals surface area contributed by atoms with Gasteiger partial charge in [-0.25, -0.2) is 13.8 Å². The Morgan fingerprint density at radius 2 is 2.00 bits per heavy atom. The molecule has 1 aromatic heterocycles. The number of rotatable bonds is 5. The molecule has 126 valence electrons. The van der Waals surface area contributed by atoms with E-state index in [1.807, 2.05) is 29.6 Å². The van der Waals surface area contributed by atoms with Gasteiger partial charge >= 0.3 is 0 Å². The third-order valence-electron chi connectivity index (χ3n) is 3.45. The maximum Gasteiger partial charge on any atom is 0.186 e. The number of allylic oxidation sites excluding steroid dienone is 1. The number of methoxy groups -OCH3 is 1. The zero-order valence-corrected chi connectivity index (χ0v) is 14.0. The van der Waals surface area contributed by atoms with Crippen LogP contribution in [0.2, 0.25) is 0 Å². The number of nitrogens with zero attached hydrogens (tertiary/aromatic N) is 1. The molecule has 0 saturated carbocycles. The van der Waals surface area contributed by atoms with E-state index in [0.717, 1.165) is 28.5 Å². The van der Waals surface area contributed by atoms with Gasteiger partial charge in [-0.15, -0.1) is 11.3 Å². The normalized spacial score (nSPS) is 11.0. The predicted molar refractivity (Wildman–Crippen MR) is 93.8 cm³/mol. The molecule has 3 aromatic rings. The highest BCUT2D eigenvalue weighted by Gasteiger charge is 2.08. The lowest BCUT2D eigenvalue weighted by atomic mass is 10.1. The number of carbonyl (C=O) groups is 1. The van der Waals surface area contributed by atoms with Crippen LogP contribution in [0.15, 0.2) is 53.9 Å². The fraction of sp³-hybridized carbons (Fsp3) is 0.0526. The van der Waals surface area contributed by atoms with E-state index in [9.17, 15) is 13.6 Å². The van der Waals surface area contributed by atoms with Gasteiger partial charge < -0.3 is 4.74 Å². The van der Waals surface area contributed by atoms with Crippen LogP contribution in [0, 0.1) is 11.6 Å². The molecule has 0 bridgehead atoms. The second-order valence-corrected chi connectivity index (χ2v) is 5.99. The van der Waals surface area contributed by atoms with Crippen molar-refractivity contribution in [3.05, 3.63) is 76.8 Å². The van der Waals surface area contributed by atoms with Gasteiger partial charge in [-0.1, -0.05) is 12.1 Å². The Morgan fingerprint density at radius 1 is 1.16 bits per heavy atom. The Morgan fingerprint density at radius 3 is 2.76 bits per heavy atom. The highest BCUT2D eigenvalue weighted by Crippen LogP contribution is 2.27. The van der Waals surface area contributed by atoms with Crippen LogP contribution in [0.4, 0.5) is 8.78 Å². The number of benzene rings is 2. The van der Waals surface area contributed by atoms with Gasteiger partial charge in [-0.2, -0.15) is 0 Å². The van der Waals surface area contributed by atoms with Crippen LogP contribution < -0.4 is 4.74 Å². The van der Waals surface area contributed by atoms with E-state index in [0.29, 0.717) is 5.69 Å². The minimum absolute atomic E-state index is 0.0819. The van der Waals surface area contributed by atoms with Gasteiger partial charge in [-0.3, -0.25) is 4.79 Å². The maximum absolute atomic E-state index is 13.2. The summed E-state index contributed by atoms with van der Waals surface area (Å²) in [5.74, 6) is -1.72. The number of halogens is 2. The third-order valence-corrected chi connectivity index (χ3v) is 4.36. The average Bonchev–Trinajstić information content (AvgIpc) is 3.11. The van der Waals surface area contributed by atoms with Crippen molar-refractivity contribution >= 4 is 23.2 Å². The quantitative estimate of drug-likeness (QED) is 0.477. The van der Waals surface area contributed by atoms with Crippen LogP contribution >= 0.6 is 11.3 Å². The summed E-state index contributed by atoms with van der Waals surface area (Å²) in [6.45, 7) is 0. The van der Waals surface area contributed by atoms with E-state index >= 15 is 0 Å². The summed E-state index contributed by atoms with van der Waals surface area (Å²) in [5.41, 5.74) is 1.60. The molecule has 0 N–H and O–H groups in total. The molecule has 0 spiro atoms. The van der Waals surface area contributed by atoms with Gasteiger partial charge in [0.15, 0.2) is 17.4 Å². The van der Waals surface area contributed by atoms with Crippen LogP contribution in [-0.2, 0) is 0 Å². The van der Waals surface area contributed by atoms with Crippen LogP contribution in [0.25, 0.3) is 16.6 Å². The highest BCUT2D eigenvalue weighted by atomic mass is 32.1. The monoisotopic (exact) mass is 357 g/mol. The molecule has 0 fully saturated rings. The molecule has 0 amide bonds. The molecule has 0 radical (unpaired) electrons. The first-order valence-electron chi connectivity index (χ1n) is 7.34. The van der Waals surface area contributed by atoms with Crippen molar-refractivity contribution in [2.75, 3.05) is 7.11 Å². The molecule has 0 aliphatic rings. The van der Waals surface area contributed by atoms with E-state index < -0.39 is 17.4 Å². The lowest BCUT2D eigenvalue weighted by Crippen LogP contribution is -1.96. The Hall–Kier alpha value is -2.86. The molecule has 0 saturated heterocycles. The summed E-state index contributed by atoms with van der Waals surface area (Å²) in [7, 11) is 1.60. The number of aromatic nitrogens is 1. The molecule has 6 heteroatoms. The Bertz CT molecular complexity index is 950. The largest absolute Gasteiger partial charge is 0.497 e. The topological polar surface area (TPSA) is 39.2 Å². The Balaban J connectivity index is 1.77. The van der Waals surface area contributed by atoms with Gasteiger partial charge in [0, 0.05) is 16.5 Å². The summed E-state index contributed by atoms with van der Waals surface area (Å²) < 4.78 is 31.3. The lowest BCUT2D eigenvalue weighted by Gasteiger charge is -2.00. The molecule has 0 unspecified atom stereocenters. The zero-order valence-electron chi connectivity index (χ0n) is 13.2. The van der Waals surface area contributed by atoms with E-state index in [-0.39, 0.29) is 5.56 Å².